The van der Waals surface area contributed by atoms with Gasteiger partial charge in [0.2, 0.25) is 17.6 Å². The Labute approximate surface area is 138 Å². The van der Waals surface area contributed by atoms with Gasteiger partial charge in [-0.25, -0.2) is 0 Å². The standard InChI is InChI=1S/C17H15N5O2/c23-16-9-13(12-5-2-1-3-6-12)10-22(16)11-15-19-17(21-24-15)14-7-4-8-18-20-14/h1-8,13H,9-11H2. The molecule has 1 unspecified atom stereocenters. The molecule has 1 aliphatic rings. The highest BCUT2D eigenvalue weighted by Crippen LogP contribution is 2.29. The van der Waals surface area contributed by atoms with Gasteiger partial charge in [0.25, 0.3) is 0 Å². The van der Waals surface area contributed by atoms with Crippen LogP contribution in [0.1, 0.15) is 23.8 Å². The third-order valence-corrected chi connectivity index (χ3v) is 4.08. The van der Waals surface area contributed by atoms with E-state index in [4.69, 9.17) is 4.52 Å². The highest BCUT2D eigenvalue weighted by molar-refractivity contribution is 5.79. The van der Waals surface area contributed by atoms with Gasteiger partial charge in [-0.05, 0) is 17.7 Å². The Kier molecular flexibility index (Phi) is 3.74. The monoisotopic (exact) mass is 321 g/mol. The quantitative estimate of drug-likeness (QED) is 0.731. The van der Waals surface area contributed by atoms with Crippen molar-refractivity contribution in [1.29, 1.82) is 0 Å². The molecule has 1 fully saturated rings. The Morgan fingerprint density at radius 2 is 2.04 bits per heavy atom. The summed E-state index contributed by atoms with van der Waals surface area (Å²) in [5.41, 5.74) is 1.72. The third kappa shape index (κ3) is 2.88. The number of benzene rings is 1. The fraction of sp³-hybridized carbons (Fsp3) is 0.235. The summed E-state index contributed by atoms with van der Waals surface area (Å²) < 4.78 is 5.25. The molecule has 7 nitrogen and oxygen atoms in total. The molecule has 1 saturated heterocycles. The molecule has 1 atom stereocenters. The molecule has 1 aliphatic heterocycles. The van der Waals surface area contributed by atoms with Gasteiger partial charge in [0.05, 0.1) is 0 Å². The Balaban J connectivity index is 1.46. The number of aromatic nitrogens is 4. The first kappa shape index (κ1) is 14.5. The lowest BCUT2D eigenvalue weighted by Gasteiger charge is -2.14. The molecule has 1 aromatic carbocycles. The van der Waals surface area contributed by atoms with E-state index in [2.05, 4.69) is 32.5 Å². The Morgan fingerprint density at radius 3 is 2.83 bits per heavy atom. The Morgan fingerprint density at radius 1 is 1.17 bits per heavy atom. The number of likely N-dealkylation sites (tertiary alicyclic amines) is 1. The molecule has 120 valence electrons. The molecular formula is C17H15N5O2. The molecule has 24 heavy (non-hydrogen) atoms. The lowest BCUT2D eigenvalue weighted by Crippen LogP contribution is -2.24. The largest absolute Gasteiger partial charge is 0.337 e. The summed E-state index contributed by atoms with van der Waals surface area (Å²) in [4.78, 5) is 18.3. The molecule has 2 aromatic heterocycles. The van der Waals surface area contributed by atoms with Crippen molar-refractivity contribution < 1.29 is 9.32 Å². The zero-order chi connectivity index (χ0) is 16.4. The average Bonchev–Trinajstić information content (AvgIpc) is 3.24. The summed E-state index contributed by atoms with van der Waals surface area (Å²) in [5, 5.41) is 11.6. The Bertz CT molecular complexity index is 834. The fourth-order valence-corrected chi connectivity index (χ4v) is 2.88. The van der Waals surface area contributed by atoms with Crippen molar-refractivity contribution in [3.05, 3.63) is 60.1 Å². The summed E-state index contributed by atoms with van der Waals surface area (Å²) in [6.07, 6.45) is 2.09. The summed E-state index contributed by atoms with van der Waals surface area (Å²) >= 11 is 0. The van der Waals surface area contributed by atoms with E-state index in [0.29, 0.717) is 36.9 Å². The van der Waals surface area contributed by atoms with E-state index in [1.165, 1.54) is 5.56 Å². The average molecular weight is 321 g/mol. The van der Waals surface area contributed by atoms with Gasteiger partial charge < -0.3 is 9.42 Å². The lowest BCUT2D eigenvalue weighted by molar-refractivity contribution is -0.128. The van der Waals surface area contributed by atoms with Crippen molar-refractivity contribution in [2.75, 3.05) is 6.54 Å². The number of amides is 1. The van der Waals surface area contributed by atoms with Crippen molar-refractivity contribution >= 4 is 5.91 Å². The molecule has 0 saturated carbocycles. The summed E-state index contributed by atoms with van der Waals surface area (Å²) in [7, 11) is 0. The lowest BCUT2D eigenvalue weighted by atomic mass is 9.99. The van der Waals surface area contributed by atoms with E-state index in [-0.39, 0.29) is 11.8 Å². The zero-order valence-corrected chi connectivity index (χ0v) is 12.9. The van der Waals surface area contributed by atoms with Crippen LogP contribution in [0.25, 0.3) is 11.5 Å². The summed E-state index contributed by atoms with van der Waals surface area (Å²) in [6.45, 7) is 0.973. The van der Waals surface area contributed by atoms with E-state index < -0.39 is 0 Å². The maximum atomic E-state index is 12.3. The topological polar surface area (TPSA) is 85.0 Å². The van der Waals surface area contributed by atoms with Gasteiger partial charge in [-0.3, -0.25) is 4.79 Å². The van der Waals surface area contributed by atoms with Crippen LogP contribution in [0.15, 0.2) is 53.2 Å². The molecule has 0 spiro atoms. The highest BCUT2D eigenvalue weighted by Gasteiger charge is 2.31. The van der Waals surface area contributed by atoms with Gasteiger partial charge in [-0.15, -0.1) is 5.10 Å². The van der Waals surface area contributed by atoms with Crippen LogP contribution >= 0.6 is 0 Å². The molecule has 1 amide bonds. The minimum Gasteiger partial charge on any atom is -0.337 e. The van der Waals surface area contributed by atoms with Gasteiger partial charge in [-0.2, -0.15) is 10.1 Å². The molecule has 3 heterocycles. The van der Waals surface area contributed by atoms with Gasteiger partial charge in [0.1, 0.15) is 12.2 Å². The minimum atomic E-state index is 0.100. The smallest absolute Gasteiger partial charge is 0.246 e. The van der Waals surface area contributed by atoms with Crippen LogP contribution in [0.4, 0.5) is 0 Å². The highest BCUT2D eigenvalue weighted by atomic mass is 16.5. The van der Waals surface area contributed by atoms with Crippen LogP contribution in [0.2, 0.25) is 0 Å². The van der Waals surface area contributed by atoms with E-state index in [9.17, 15) is 4.79 Å². The van der Waals surface area contributed by atoms with Gasteiger partial charge >= 0.3 is 0 Å². The number of carbonyl (C=O) groups is 1. The SMILES string of the molecule is O=C1CC(c2ccccc2)CN1Cc1nc(-c2cccnn2)no1. The van der Waals surface area contributed by atoms with E-state index >= 15 is 0 Å². The molecule has 0 bridgehead atoms. The first-order valence-corrected chi connectivity index (χ1v) is 7.73. The first-order chi connectivity index (χ1) is 11.8. The van der Waals surface area contributed by atoms with Crippen molar-refractivity contribution in [2.45, 2.75) is 18.9 Å². The predicted molar refractivity (Wildman–Crippen MR) is 84.5 cm³/mol. The van der Waals surface area contributed by atoms with Crippen molar-refractivity contribution in [3.63, 3.8) is 0 Å². The molecular weight excluding hydrogens is 306 g/mol. The summed E-state index contributed by atoms with van der Waals surface area (Å²) in [6, 6.07) is 13.6. The van der Waals surface area contributed by atoms with Crippen LogP contribution in [0.5, 0.6) is 0 Å². The fourth-order valence-electron chi connectivity index (χ4n) is 2.88. The number of hydrogen-bond acceptors (Lipinski definition) is 6. The third-order valence-electron chi connectivity index (χ3n) is 4.08. The van der Waals surface area contributed by atoms with Crippen LogP contribution in [0, 0.1) is 0 Å². The normalized spacial score (nSPS) is 17.4. The molecule has 0 aliphatic carbocycles. The second kappa shape index (κ2) is 6.19. The molecule has 0 N–H and O–H groups in total. The Hall–Kier alpha value is -3.09. The number of hydrogen-bond donors (Lipinski definition) is 0. The molecule has 3 aromatic rings. The van der Waals surface area contributed by atoms with Gasteiger partial charge in [0.15, 0.2) is 0 Å². The second-order valence-electron chi connectivity index (χ2n) is 5.71. The maximum absolute atomic E-state index is 12.3. The van der Waals surface area contributed by atoms with Crippen molar-refractivity contribution in [1.82, 2.24) is 25.2 Å². The minimum absolute atomic E-state index is 0.100. The molecule has 4 rings (SSSR count). The van der Waals surface area contributed by atoms with Crippen LogP contribution in [-0.2, 0) is 11.3 Å². The number of carbonyl (C=O) groups excluding carboxylic acids is 1. The van der Waals surface area contributed by atoms with Crippen molar-refractivity contribution in [3.8, 4) is 11.5 Å². The van der Waals surface area contributed by atoms with Crippen molar-refractivity contribution in [2.24, 2.45) is 0 Å². The van der Waals surface area contributed by atoms with Crippen LogP contribution in [0.3, 0.4) is 0 Å². The molecule has 0 radical (unpaired) electrons. The van der Waals surface area contributed by atoms with E-state index in [0.717, 1.165) is 0 Å². The van der Waals surface area contributed by atoms with Gasteiger partial charge in [0, 0.05) is 25.1 Å². The van der Waals surface area contributed by atoms with E-state index in [1.807, 2.05) is 18.2 Å². The van der Waals surface area contributed by atoms with Crippen LogP contribution in [-0.4, -0.2) is 37.7 Å². The molecule has 7 heteroatoms. The predicted octanol–water partition coefficient (Wildman–Crippen LogP) is 2.04. The first-order valence-electron chi connectivity index (χ1n) is 7.73. The number of rotatable bonds is 4. The maximum Gasteiger partial charge on any atom is 0.246 e. The van der Waals surface area contributed by atoms with Gasteiger partial charge in [-0.1, -0.05) is 35.5 Å². The van der Waals surface area contributed by atoms with E-state index in [1.54, 1.807) is 23.2 Å². The summed E-state index contributed by atoms with van der Waals surface area (Å²) in [5.74, 6) is 1.09. The van der Waals surface area contributed by atoms with Crippen LogP contribution < -0.4 is 0 Å². The zero-order valence-electron chi connectivity index (χ0n) is 12.9. The second-order valence-corrected chi connectivity index (χ2v) is 5.71. The number of nitrogens with zero attached hydrogens (tertiary/aromatic N) is 5.